The monoisotopic (exact) mass is 972 g/mol. The smallest absolute Gasteiger partial charge is 0.300 e. The number of hydrogen-bond donors (Lipinski definition) is 3. The third-order valence-electron chi connectivity index (χ3n) is 12.3. The molecule has 1 fully saturated rings. The van der Waals surface area contributed by atoms with Crippen molar-refractivity contribution in [2.75, 3.05) is 19.8 Å². The largest absolute Gasteiger partial charge is 0.381 e. The average molecular weight is 973 g/mol. The van der Waals surface area contributed by atoms with Crippen molar-refractivity contribution in [1.29, 1.82) is 0 Å². The lowest BCUT2D eigenvalue weighted by Gasteiger charge is -2.30. The van der Waals surface area contributed by atoms with Crippen LogP contribution in [0.1, 0.15) is 120 Å². The van der Waals surface area contributed by atoms with Crippen molar-refractivity contribution in [2.24, 2.45) is 29.6 Å². The third kappa shape index (κ3) is 18.5. The van der Waals surface area contributed by atoms with Gasteiger partial charge >= 0.3 is 0 Å². The Morgan fingerprint density at radius 2 is 1.42 bits per heavy atom. The minimum atomic E-state index is -4.98. The van der Waals surface area contributed by atoms with Gasteiger partial charge in [-0.2, -0.15) is 8.42 Å². The molecule has 1 saturated heterocycles. The molecule has 13 nitrogen and oxygen atoms in total. The first kappa shape index (κ1) is 56.2. The Kier molecular flexibility index (Phi) is 22.1. The molecular weight excluding hydrogens is 904 g/mol. The Bertz CT molecular complexity index is 2360. The van der Waals surface area contributed by atoms with Gasteiger partial charge in [0.05, 0.1) is 12.1 Å². The molecule has 4 rings (SSSR count). The van der Waals surface area contributed by atoms with Crippen LogP contribution < -0.4 is 10.6 Å². The second kappa shape index (κ2) is 27.1. The summed E-state index contributed by atoms with van der Waals surface area (Å²) in [5.74, 6) is -3.90. The number of hydrogen-bond acceptors (Lipinski definition) is 11. The van der Waals surface area contributed by atoms with Gasteiger partial charge in [-0.25, -0.2) is 4.39 Å². The lowest BCUT2D eigenvalue weighted by atomic mass is 9.86. The van der Waals surface area contributed by atoms with Gasteiger partial charge in [0.15, 0.2) is 17.3 Å². The van der Waals surface area contributed by atoms with E-state index in [4.69, 9.17) is 15.3 Å². The van der Waals surface area contributed by atoms with Crippen LogP contribution >= 0.6 is 0 Å². The summed E-state index contributed by atoms with van der Waals surface area (Å²) < 4.78 is 51.9. The summed E-state index contributed by atoms with van der Waals surface area (Å²) >= 11 is 0. The molecule has 3 aromatic rings. The number of ketones is 4. The fraction of sp³-hybridized carbons (Fsp3) is 0.519. The Morgan fingerprint density at radius 3 is 2.03 bits per heavy atom. The van der Waals surface area contributed by atoms with Gasteiger partial charge in [-0.1, -0.05) is 88.4 Å². The van der Waals surface area contributed by atoms with Gasteiger partial charge in [0, 0.05) is 62.7 Å². The van der Waals surface area contributed by atoms with Crippen molar-refractivity contribution in [3.8, 4) is 12.3 Å². The number of ether oxygens (including phenoxy) is 1. The van der Waals surface area contributed by atoms with Crippen molar-refractivity contribution in [2.45, 2.75) is 134 Å². The molecule has 0 unspecified atom stereocenters. The number of Topliss-reactive ketones (excluding diaryl/α,β-unsaturated/α-hetero) is 4. The van der Waals surface area contributed by atoms with E-state index < -0.39 is 86.1 Å². The SMILES string of the molecule is C#CCCC(=O)c1ccc(F)c(S(=O)(=O)OC[C@@](C)(O)C(=O)[C@H](CC(C)C)NC(=O)[C@@H](CC(=O)[C@H](CC(C)C)NC(=O)[C@H](CCc2ccccc2)CC(=O)CC2CCOCC2)Cc2ccccc2)c1. The van der Waals surface area contributed by atoms with Gasteiger partial charge in [0.2, 0.25) is 11.8 Å². The normalized spacial score (nSPS) is 15.8. The quantitative estimate of drug-likeness (QED) is 0.0357. The molecule has 69 heavy (non-hydrogen) atoms. The van der Waals surface area contributed by atoms with Crippen molar-refractivity contribution < 1.29 is 55.6 Å². The highest BCUT2D eigenvalue weighted by molar-refractivity contribution is 7.86. The Balaban J connectivity index is 1.55. The van der Waals surface area contributed by atoms with Crippen LogP contribution in [0.3, 0.4) is 0 Å². The second-order valence-corrected chi connectivity index (χ2v) is 20.9. The van der Waals surface area contributed by atoms with Gasteiger partial charge in [-0.15, -0.1) is 12.3 Å². The van der Waals surface area contributed by atoms with E-state index in [1.54, 1.807) is 44.2 Å². The Labute approximate surface area is 407 Å². The zero-order chi connectivity index (χ0) is 50.7. The lowest BCUT2D eigenvalue weighted by Crippen LogP contribution is -2.54. The molecule has 15 heteroatoms. The van der Waals surface area contributed by atoms with Crippen LogP contribution in [-0.2, 0) is 55.9 Å². The van der Waals surface area contributed by atoms with Crippen molar-refractivity contribution >= 4 is 45.1 Å². The van der Waals surface area contributed by atoms with E-state index in [2.05, 4.69) is 16.6 Å². The molecule has 1 heterocycles. The molecule has 0 radical (unpaired) electrons. The molecule has 5 atom stereocenters. The van der Waals surface area contributed by atoms with Crippen molar-refractivity contribution in [3.63, 3.8) is 0 Å². The fourth-order valence-electron chi connectivity index (χ4n) is 8.41. The number of carbonyl (C=O) groups is 6. The first-order chi connectivity index (χ1) is 32.7. The summed E-state index contributed by atoms with van der Waals surface area (Å²) in [6, 6.07) is 18.9. The van der Waals surface area contributed by atoms with E-state index >= 15 is 0 Å². The van der Waals surface area contributed by atoms with Crippen LogP contribution in [0, 0.1) is 47.8 Å². The molecule has 0 bridgehead atoms. The van der Waals surface area contributed by atoms with E-state index in [0.717, 1.165) is 43.5 Å². The van der Waals surface area contributed by atoms with E-state index in [-0.39, 0.29) is 74.0 Å². The number of aryl methyl sites for hydroxylation is 1. The lowest BCUT2D eigenvalue weighted by molar-refractivity contribution is -0.143. The maximum atomic E-state index is 14.9. The highest BCUT2D eigenvalue weighted by Crippen LogP contribution is 2.26. The molecule has 0 aromatic heterocycles. The second-order valence-electron chi connectivity index (χ2n) is 19.3. The number of carbonyl (C=O) groups excluding carboxylic acids is 6. The highest BCUT2D eigenvalue weighted by Gasteiger charge is 2.41. The van der Waals surface area contributed by atoms with E-state index in [9.17, 15) is 46.7 Å². The van der Waals surface area contributed by atoms with Gasteiger partial charge in [-0.3, -0.25) is 33.0 Å². The first-order valence-electron chi connectivity index (χ1n) is 23.9. The summed E-state index contributed by atoms with van der Waals surface area (Å²) in [6.45, 7) is 8.40. The van der Waals surface area contributed by atoms with Gasteiger partial charge in [0.1, 0.15) is 28.7 Å². The molecule has 2 amide bonds. The predicted molar refractivity (Wildman–Crippen MR) is 260 cm³/mol. The zero-order valence-electron chi connectivity index (χ0n) is 40.5. The third-order valence-corrected chi connectivity index (χ3v) is 13.5. The topological polar surface area (TPSA) is 199 Å². The molecule has 1 aliphatic rings. The number of halogens is 1. The van der Waals surface area contributed by atoms with E-state index in [1.807, 2.05) is 44.2 Å². The number of amides is 2. The number of aliphatic hydroxyl groups is 1. The van der Waals surface area contributed by atoms with E-state index in [1.165, 1.54) is 0 Å². The maximum Gasteiger partial charge on any atom is 0.300 e. The predicted octanol–water partition coefficient (Wildman–Crippen LogP) is 7.35. The molecule has 0 saturated carbocycles. The van der Waals surface area contributed by atoms with Crippen molar-refractivity contribution in [3.05, 3.63) is 101 Å². The highest BCUT2D eigenvalue weighted by atomic mass is 32.2. The summed E-state index contributed by atoms with van der Waals surface area (Å²) in [5.41, 5.74) is -0.954. The number of nitrogens with one attached hydrogen (secondary N) is 2. The van der Waals surface area contributed by atoms with Crippen LogP contribution in [-0.4, -0.2) is 86.0 Å². The minimum Gasteiger partial charge on any atom is -0.381 e. The Morgan fingerprint density at radius 1 is 0.841 bits per heavy atom. The average Bonchev–Trinajstić information content (AvgIpc) is 3.31. The summed E-state index contributed by atoms with van der Waals surface area (Å²) in [5, 5.41) is 17.2. The number of rotatable bonds is 29. The summed E-state index contributed by atoms with van der Waals surface area (Å²) in [4.78, 5) is 82.3. The van der Waals surface area contributed by atoms with Crippen LogP contribution in [0.25, 0.3) is 0 Å². The van der Waals surface area contributed by atoms with Gasteiger partial charge in [0.25, 0.3) is 10.1 Å². The van der Waals surface area contributed by atoms with Crippen LogP contribution in [0.15, 0.2) is 83.8 Å². The number of terminal acetylenes is 1. The van der Waals surface area contributed by atoms with Crippen LogP contribution in [0.5, 0.6) is 0 Å². The maximum absolute atomic E-state index is 14.9. The molecule has 3 aromatic carbocycles. The van der Waals surface area contributed by atoms with Crippen LogP contribution in [0.2, 0.25) is 0 Å². The van der Waals surface area contributed by atoms with Gasteiger partial charge < -0.3 is 20.5 Å². The molecular formula is C54H69FN2O11S. The zero-order valence-corrected chi connectivity index (χ0v) is 41.4. The minimum absolute atomic E-state index is 0.000431. The standard InChI is InChI=1S/C54H69FN2O11S/c1-7-8-19-48(59)41-22-23-45(55)50(34-41)69(65,66)68-35-54(6,64)51(61)47(29-37(4)5)57-53(63)43(30-39-17-13-10-14-18-39)33-49(60)46(28-36(2)3)56-52(62)42(21-20-38-15-11-9-12-16-38)32-44(58)31-40-24-26-67-27-25-40/h1,9-18,22-23,34,36-37,40,42-43,46-47,64H,8,19-21,24-33,35H2,2-6H3,(H,56,62)(H,57,63)/t42-,43-,46+,47+,54-/m1/s1. The fourth-order valence-corrected chi connectivity index (χ4v) is 9.50. The molecule has 0 aliphatic carbocycles. The molecule has 374 valence electrons. The van der Waals surface area contributed by atoms with E-state index in [0.29, 0.717) is 38.0 Å². The first-order valence-corrected chi connectivity index (χ1v) is 25.3. The summed E-state index contributed by atoms with van der Waals surface area (Å²) in [7, 11) is -4.98. The molecule has 0 spiro atoms. The number of benzene rings is 3. The molecule has 1 aliphatic heterocycles. The van der Waals surface area contributed by atoms with Crippen LogP contribution in [0.4, 0.5) is 4.39 Å². The molecule has 3 N–H and O–H groups in total. The summed E-state index contributed by atoms with van der Waals surface area (Å²) in [6.07, 6.45) is 8.00. The van der Waals surface area contributed by atoms with Gasteiger partial charge in [-0.05, 0) is 98.9 Å². The Hall–Kier alpha value is -5.40. The van der Waals surface area contributed by atoms with Crippen molar-refractivity contribution in [1.82, 2.24) is 10.6 Å².